The minimum atomic E-state index is -0.932. The monoisotopic (exact) mass is 345 g/mol. The Morgan fingerprint density at radius 3 is 2.32 bits per heavy atom. The van der Waals surface area contributed by atoms with Gasteiger partial charge >= 0.3 is 5.97 Å². The van der Waals surface area contributed by atoms with Gasteiger partial charge in [-0.15, -0.1) is 0 Å². The zero-order valence-electron chi connectivity index (χ0n) is 13.9. The van der Waals surface area contributed by atoms with Gasteiger partial charge in [0.15, 0.2) is 0 Å². The molecule has 0 bridgehead atoms. The molecule has 2 atom stereocenters. The number of hydrogen-bond acceptors (Lipinski definition) is 5. The molecule has 2 rings (SSSR count). The van der Waals surface area contributed by atoms with Crippen LogP contribution in [-0.4, -0.2) is 27.9 Å². The first-order chi connectivity index (χ1) is 12.0. The van der Waals surface area contributed by atoms with Gasteiger partial charge in [-0.3, -0.25) is 14.8 Å². The molecule has 1 aliphatic rings. The molecule has 1 amide bonds. The topological polar surface area (TPSA) is 136 Å². The molecular weight excluding hydrogens is 322 g/mol. The number of carbonyl (C=O) groups is 2. The molecule has 7 nitrogen and oxygen atoms in total. The highest BCUT2D eigenvalue weighted by Crippen LogP contribution is 2.34. The largest absolute Gasteiger partial charge is 0.481 e. The Labute approximate surface area is 146 Å². The summed E-state index contributed by atoms with van der Waals surface area (Å²) in [5.41, 5.74) is 8.98. The van der Waals surface area contributed by atoms with Crippen LogP contribution in [0.25, 0.3) is 5.70 Å². The van der Waals surface area contributed by atoms with E-state index in [0.717, 1.165) is 12.8 Å². The highest BCUT2D eigenvalue weighted by atomic mass is 16.5. The second-order valence-electron chi connectivity index (χ2n) is 6.22. The summed E-state index contributed by atoms with van der Waals surface area (Å²) in [7, 11) is 0. The lowest BCUT2D eigenvalue weighted by atomic mass is 9.74. The summed E-state index contributed by atoms with van der Waals surface area (Å²) in [6.45, 7) is 0. The van der Waals surface area contributed by atoms with Gasteiger partial charge in [0, 0.05) is 22.9 Å². The molecule has 25 heavy (non-hydrogen) atoms. The lowest BCUT2D eigenvalue weighted by Gasteiger charge is -2.30. The maximum atomic E-state index is 11.7. The number of carbonyl (C=O) groups excluding carboxylic acids is 1. The summed E-state index contributed by atoms with van der Waals surface area (Å²) in [6.07, 6.45) is 2.45. The summed E-state index contributed by atoms with van der Waals surface area (Å²) in [4.78, 5) is 23.2. The van der Waals surface area contributed by atoms with Gasteiger partial charge in [-0.2, -0.15) is 0 Å². The Morgan fingerprint density at radius 1 is 1.16 bits per heavy atom. The molecule has 134 valence electrons. The van der Waals surface area contributed by atoms with Crippen molar-refractivity contribution in [2.24, 2.45) is 17.6 Å². The number of nitrogens with two attached hydrogens (primary N) is 1. The van der Waals surface area contributed by atoms with Gasteiger partial charge in [-0.05, 0) is 18.4 Å². The van der Waals surface area contributed by atoms with Crippen LogP contribution in [0.5, 0.6) is 0 Å². The molecule has 0 spiro atoms. The van der Waals surface area contributed by atoms with Crippen molar-refractivity contribution < 1.29 is 19.9 Å². The van der Waals surface area contributed by atoms with E-state index in [1.807, 2.05) is 6.07 Å². The van der Waals surface area contributed by atoms with Crippen LogP contribution in [0, 0.1) is 17.2 Å². The number of benzene rings is 1. The van der Waals surface area contributed by atoms with E-state index in [0.29, 0.717) is 18.4 Å². The highest BCUT2D eigenvalue weighted by molar-refractivity contribution is 6.09. The number of aliphatic carboxylic acids is 1. The molecule has 1 aromatic carbocycles. The van der Waals surface area contributed by atoms with Crippen molar-refractivity contribution in [2.45, 2.75) is 32.1 Å². The third kappa shape index (κ3) is 4.45. The summed E-state index contributed by atoms with van der Waals surface area (Å²) >= 11 is 0. The quantitative estimate of drug-likeness (QED) is 0.306. The number of nitrogens with one attached hydrogen (secondary N) is 2. The predicted molar refractivity (Wildman–Crippen MR) is 92.9 cm³/mol. The fourth-order valence-corrected chi connectivity index (χ4v) is 3.32. The number of carboxylic acids is 1. The summed E-state index contributed by atoms with van der Waals surface area (Å²) in [5.74, 6) is -2.77. The van der Waals surface area contributed by atoms with Gasteiger partial charge in [-0.25, -0.2) is 5.48 Å². The fourth-order valence-electron chi connectivity index (χ4n) is 3.32. The van der Waals surface area contributed by atoms with E-state index in [9.17, 15) is 14.7 Å². The van der Waals surface area contributed by atoms with Crippen molar-refractivity contribution in [3.63, 3.8) is 0 Å². The zero-order valence-corrected chi connectivity index (χ0v) is 13.9. The molecule has 1 saturated carbocycles. The first kappa shape index (κ1) is 18.7. The average Bonchev–Trinajstić information content (AvgIpc) is 2.65. The SMILES string of the molecule is N=C(/C(CC(=O)NO)=C(\N)c1ccccc1)[C@@H]1CCCC[C@@H]1C(=O)O. The van der Waals surface area contributed by atoms with Gasteiger partial charge in [0.2, 0.25) is 5.91 Å². The summed E-state index contributed by atoms with van der Waals surface area (Å²) in [5, 5.41) is 26.9. The smallest absolute Gasteiger partial charge is 0.307 e. The molecular formula is C18H23N3O4. The summed E-state index contributed by atoms with van der Waals surface area (Å²) < 4.78 is 0. The van der Waals surface area contributed by atoms with Crippen LogP contribution in [0.3, 0.4) is 0 Å². The number of carboxylic acid groups (broad SMARTS) is 1. The van der Waals surface area contributed by atoms with Crippen LogP contribution >= 0.6 is 0 Å². The molecule has 1 aromatic rings. The Kier molecular flexibility index (Phi) is 6.30. The molecule has 0 unspecified atom stereocenters. The second kappa shape index (κ2) is 8.43. The molecule has 0 heterocycles. The van der Waals surface area contributed by atoms with E-state index in [4.69, 9.17) is 16.4 Å². The van der Waals surface area contributed by atoms with Gasteiger partial charge < -0.3 is 16.2 Å². The van der Waals surface area contributed by atoms with Crippen LogP contribution in [-0.2, 0) is 9.59 Å². The third-order valence-corrected chi connectivity index (χ3v) is 4.65. The van der Waals surface area contributed by atoms with E-state index in [-0.39, 0.29) is 23.4 Å². The minimum Gasteiger partial charge on any atom is -0.481 e. The van der Waals surface area contributed by atoms with Crippen LogP contribution in [0.4, 0.5) is 0 Å². The maximum absolute atomic E-state index is 11.7. The van der Waals surface area contributed by atoms with Gasteiger partial charge in [0.05, 0.1) is 12.3 Å². The minimum absolute atomic E-state index is 0.0667. The molecule has 6 N–H and O–H groups in total. The van der Waals surface area contributed by atoms with E-state index in [2.05, 4.69) is 0 Å². The van der Waals surface area contributed by atoms with Crippen LogP contribution in [0.1, 0.15) is 37.7 Å². The van der Waals surface area contributed by atoms with Gasteiger partial charge in [-0.1, -0.05) is 43.2 Å². The summed E-state index contributed by atoms with van der Waals surface area (Å²) in [6, 6.07) is 8.92. The van der Waals surface area contributed by atoms with Gasteiger partial charge in [0.25, 0.3) is 0 Å². The van der Waals surface area contributed by atoms with Crippen molar-refractivity contribution in [3.8, 4) is 0 Å². The Morgan fingerprint density at radius 2 is 1.76 bits per heavy atom. The lowest BCUT2D eigenvalue weighted by molar-refractivity contribution is -0.143. The molecule has 0 saturated heterocycles. The number of rotatable bonds is 6. The molecule has 7 heteroatoms. The Hall–Kier alpha value is -2.67. The lowest BCUT2D eigenvalue weighted by Crippen LogP contribution is -2.35. The molecule has 0 aromatic heterocycles. The van der Waals surface area contributed by atoms with Gasteiger partial charge in [0.1, 0.15) is 0 Å². The molecule has 1 fully saturated rings. The van der Waals surface area contributed by atoms with E-state index in [1.165, 1.54) is 0 Å². The first-order valence-corrected chi connectivity index (χ1v) is 8.24. The van der Waals surface area contributed by atoms with Crippen LogP contribution in [0.2, 0.25) is 0 Å². The average molecular weight is 345 g/mol. The normalized spacial score (nSPS) is 21.2. The van der Waals surface area contributed by atoms with Crippen molar-refractivity contribution >= 4 is 23.3 Å². The van der Waals surface area contributed by atoms with E-state index >= 15 is 0 Å². The maximum Gasteiger partial charge on any atom is 0.307 e. The van der Waals surface area contributed by atoms with Crippen molar-refractivity contribution in [3.05, 3.63) is 41.5 Å². The Bertz CT molecular complexity index is 685. The van der Waals surface area contributed by atoms with E-state index in [1.54, 1.807) is 29.7 Å². The van der Waals surface area contributed by atoms with Crippen molar-refractivity contribution in [1.29, 1.82) is 5.41 Å². The van der Waals surface area contributed by atoms with Crippen LogP contribution < -0.4 is 11.2 Å². The Balaban J connectivity index is 2.42. The predicted octanol–water partition coefficient (Wildman–Crippen LogP) is 2.16. The second-order valence-corrected chi connectivity index (χ2v) is 6.22. The number of amides is 1. The van der Waals surface area contributed by atoms with Crippen molar-refractivity contribution in [2.75, 3.05) is 0 Å². The fraction of sp³-hybridized carbons (Fsp3) is 0.389. The molecule has 1 aliphatic carbocycles. The molecule has 0 radical (unpaired) electrons. The highest BCUT2D eigenvalue weighted by Gasteiger charge is 2.35. The standard InChI is InChI=1S/C18H23N3O4/c19-16(11-6-2-1-3-7-11)14(10-15(22)21-25)17(20)12-8-4-5-9-13(12)18(23)24/h1-3,6-7,12-13,20,25H,4-5,8-10,19H2,(H,21,22)(H,23,24)/b16-14-,20-17?/t12-,13+/m1/s1. The zero-order chi connectivity index (χ0) is 18.4. The first-order valence-electron chi connectivity index (χ1n) is 8.24. The molecule has 0 aliphatic heterocycles. The van der Waals surface area contributed by atoms with Crippen molar-refractivity contribution in [1.82, 2.24) is 5.48 Å². The van der Waals surface area contributed by atoms with E-state index < -0.39 is 23.7 Å². The third-order valence-electron chi connectivity index (χ3n) is 4.65. The number of hydrogen-bond donors (Lipinski definition) is 5. The number of hydroxylamine groups is 1. The van der Waals surface area contributed by atoms with Crippen LogP contribution in [0.15, 0.2) is 35.9 Å².